The predicted octanol–water partition coefficient (Wildman–Crippen LogP) is 3.61. The van der Waals surface area contributed by atoms with E-state index in [-0.39, 0.29) is 17.7 Å². The molecule has 1 aromatic heterocycles. The molecule has 0 saturated heterocycles. The molecular weight excluding hydrogens is 390 g/mol. The van der Waals surface area contributed by atoms with E-state index in [1.807, 2.05) is 18.2 Å². The predicted molar refractivity (Wildman–Crippen MR) is 107 cm³/mol. The molecule has 3 aromatic rings. The second-order valence-electron chi connectivity index (χ2n) is 7.25. The van der Waals surface area contributed by atoms with E-state index in [2.05, 4.69) is 37.0 Å². The number of benzene rings is 2. The van der Waals surface area contributed by atoms with Crippen LogP contribution in [0.5, 0.6) is 5.75 Å². The number of hydrogen-bond donors (Lipinski definition) is 1. The van der Waals surface area contributed by atoms with Gasteiger partial charge >= 0.3 is 6.61 Å². The third kappa shape index (κ3) is 4.82. The fraction of sp³-hybridized carbons (Fsp3) is 0.318. The second-order valence-corrected chi connectivity index (χ2v) is 7.25. The molecule has 0 bridgehead atoms. The van der Waals surface area contributed by atoms with E-state index in [4.69, 9.17) is 0 Å². The smallest absolute Gasteiger partial charge is 0.387 e. The SMILES string of the molecule is O=C(NC1CCc2nnc(Cc3ccccc3)n2CC1)c1ccc(OC(F)F)cc1. The Morgan fingerprint density at radius 3 is 2.60 bits per heavy atom. The van der Waals surface area contributed by atoms with Gasteiger partial charge in [-0.1, -0.05) is 30.3 Å². The lowest BCUT2D eigenvalue weighted by Gasteiger charge is -2.16. The Balaban J connectivity index is 1.36. The molecule has 156 valence electrons. The molecule has 1 amide bonds. The molecule has 0 fully saturated rings. The van der Waals surface area contributed by atoms with Crippen LogP contribution in [-0.4, -0.2) is 33.3 Å². The number of halogens is 2. The first kappa shape index (κ1) is 20.0. The fourth-order valence-electron chi connectivity index (χ4n) is 3.66. The highest BCUT2D eigenvalue weighted by molar-refractivity contribution is 5.94. The van der Waals surface area contributed by atoms with Gasteiger partial charge in [-0.05, 0) is 42.7 Å². The van der Waals surface area contributed by atoms with Crippen LogP contribution in [0.4, 0.5) is 8.78 Å². The van der Waals surface area contributed by atoms with Crippen LogP contribution in [0.15, 0.2) is 54.6 Å². The highest BCUT2D eigenvalue weighted by atomic mass is 19.3. The van der Waals surface area contributed by atoms with Crippen LogP contribution in [-0.2, 0) is 19.4 Å². The molecule has 0 aliphatic carbocycles. The number of carbonyl (C=O) groups excluding carboxylic acids is 1. The summed E-state index contributed by atoms with van der Waals surface area (Å²) in [5.41, 5.74) is 1.59. The number of rotatable bonds is 6. The van der Waals surface area contributed by atoms with E-state index in [1.54, 1.807) is 0 Å². The molecule has 0 spiro atoms. The van der Waals surface area contributed by atoms with E-state index < -0.39 is 6.61 Å². The molecule has 2 aromatic carbocycles. The van der Waals surface area contributed by atoms with E-state index in [1.165, 1.54) is 29.8 Å². The molecule has 8 heteroatoms. The van der Waals surface area contributed by atoms with Gasteiger partial charge in [0.05, 0.1) is 0 Å². The van der Waals surface area contributed by atoms with Crippen molar-refractivity contribution >= 4 is 5.91 Å². The van der Waals surface area contributed by atoms with Crippen molar-refractivity contribution in [1.29, 1.82) is 0 Å². The van der Waals surface area contributed by atoms with Gasteiger partial charge in [-0.3, -0.25) is 4.79 Å². The maximum atomic E-state index is 12.5. The quantitative estimate of drug-likeness (QED) is 0.672. The fourth-order valence-corrected chi connectivity index (χ4v) is 3.66. The van der Waals surface area contributed by atoms with Crippen LogP contribution in [0, 0.1) is 0 Å². The van der Waals surface area contributed by atoms with Crippen molar-refractivity contribution in [3.8, 4) is 5.75 Å². The van der Waals surface area contributed by atoms with Gasteiger partial charge in [0, 0.05) is 31.0 Å². The van der Waals surface area contributed by atoms with Crippen molar-refractivity contribution in [3.05, 3.63) is 77.4 Å². The average Bonchev–Trinajstić information content (AvgIpc) is 3.00. The topological polar surface area (TPSA) is 69.0 Å². The Hall–Kier alpha value is -3.29. The van der Waals surface area contributed by atoms with Crippen molar-refractivity contribution in [1.82, 2.24) is 20.1 Å². The van der Waals surface area contributed by atoms with Gasteiger partial charge < -0.3 is 14.6 Å². The summed E-state index contributed by atoms with van der Waals surface area (Å²) >= 11 is 0. The van der Waals surface area contributed by atoms with Gasteiger partial charge in [0.25, 0.3) is 5.91 Å². The lowest BCUT2D eigenvalue weighted by atomic mass is 10.1. The van der Waals surface area contributed by atoms with Crippen LogP contribution in [0.2, 0.25) is 0 Å². The first-order chi connectivity index (χ1) is 14.6. The molecule has 6 nitrogen and oxygen atoms in total. The van der Waals surface area contributed by atoms with Crippen LogP contribution in [0.25, 0.3) is 0 Å². The van der Waals surface area contributed by atoms with Crippen LogP contribution < -0.4 is 10.1 Å². The zero-order valence-electron chi connectivity index (χ0n) is 16.3. The van der Waals surface area contributed by atoms with E-state index >= 15 is 0 Å². The molecule has 1 unspecified atom stereocenters. The molecule has 1 aliphatic rings. The zero-order chi connectivity index (χ0) is 20.9. The van der Waals surface area contributed by atoms with E-state index in [0.29, 0.717) is 5.56 Å². The molecule has 30 heavy (non-hydrogen) atoms. The summed E-state index contributed by atoms with van der Waals surface area (Å²) in [5, 5.41) is 11.7. The van der Waals surface area contributed by atoms with Gasteiger partial charge in [0.15, 0.2) is 0 Å². The summed E-state index contributed by atoms with van der Waals surface area (Å²) in [6.07, 6.45) is 2.98. The van der Waals surface area contributed by atoms with Crippen molar-refractivity contribution in [2.24, 2.45) is 0 Å². The Morgan fingerprint density at radius 2 is 1.87 bits per heavy atom. The Labute approximate surface area is 172 Å². The highest BCUT2D eigenvalue weighted by Gasteiger charge is 2.22. The number of aromatic nitrogens is 3. The number of hydrogen-bond acceptors (Lipinski definition) is 4. The van der Waals surface area contributed by atoms with Gasteiger partial charge in [-0.2, -0.15) is 8.78 Å². The third-order valence-electron chi connectivity index (χ3n) is 5.20. The monoisotopic (exact) mass is 412 g/mol. The van der Waals surface area contributed by atoms with Gasteiger partial charge in [0.1, 0.15) is 17.4 Å². The number of nitrogens with one attached hydrogen (secondary N) is 1. The van der Waals surface area contributed by atoms with Gasteiger partial charge in [0.2, 0.25) is 0 Å². The van der Waals surface area contributed by atoms with Gasteiger partial charge in [-0.25, -0.2) is 0 Å². The minimum atomic E-state index is -2.89. The summed E-state index contributed by atoms with van der Waals surface area (Å²) in [4.78, 5) is 12.5. The summed E-state index contributed by atoms with van der Waals surface area (Å²) in [6.45, 7) is -2.15. The number of carbonyl (C=O) groups is 1. The molecule has 4 rings (SSSR count). The summed E-state index contributed by atoms with van der Waals surface area (Å²) < 4.78 is 31.0. The minimum Gasteiger partial charge on any atom is -0.435 e. The number of aryl methyl sites for hydroxylation is 1. The minimum absolute atomic E-state index is 0.000709. The van der Waals surface area contributed by atoms with Crippen molar-refractivity contribution in [2.75, 3.05) is 0 Å². The number of alkyl halides is 2. The van der Waals surface area contributed by atoms with Crippen LogP contribution in [0.3, 0.4) is 0 Å². The zero-order valence-corrected chi connectivity index (χ0v) is 16.3. The molecule has 1 aliphatic heterocycles. The Morgan fingerprint density at radius 1 is 1.10 bits per heavy atom. The van der Waals surface area contributed by atoms with Crippen molar-refractivity contribution < 1.29 is 18.3 Å². The van der Waals surface area contributed by atoms with Crippen LogP contribution in [0.1, 0.15) is 40.4 Å². The standard InChI is InChI=1S/C22H22F2N4O2/c23-22(24)30-18-9-6-16(7-10-18)21(29)25-17-8-11-19-26-27-20(28(19)13-12-17)14-15-4-2-1-3-5-15/h1-7,9-10,17,22H,8,11-14H2,(H,25,29). The highest BCUT2D eigenvalue weighted by Crippen LogP contribution is 2.19. The molecular formula is C22H22F2N4O2. The van der Waals surface area contributed by atoms with Crippen LogP contribution >= 0.6 is 0 Å². The van der Waals surface area contributed by atoms with Gasteiger partial charge in [-0.15, -0.1) is 10.2 Å². The molecule has 1 atom stereocenters. The number of nitrogens with zero attached hydrogens (tertiary/aromatic N) is 3. The molecule has 1 N–H and O–H groups in total. The van der Waals surface area contributed by atoms with E-state index in [9.17, 15) is 13.6 Å². The largest absolute Gasteiger partial charge is 0.435 e. The molecule has 0 saturated carbocycles. The maximum Gasteiger partial charge on any atom is 0.387 e. The lowest BCUT2D eigenvalue weighted by molar-refractivity contribution is -0.0498. The first-order valence-corrected chi connectivity index (χ1v) is 9.89. The summed E-state index contributed by atoms with van der Waals surface area (Å²) in [5.74, 6) is 1.66. The maximum absolute atomic E-state index is 12.5. The van der Waals surface area contributed by atoms with E-state index in [0.717, 1.165) is 43.9 Å². The summed E-state index contributed by atoms with van der Waals surface area (Å²) in [6, 6.07) is 15.8. The van der Waals surface area contributed by atoms with Crippen molar-refractivity contribution in [3.63, 3.8) is 0 Å². The Bertz CT molecular complexity index is 990. The molecule has 2 heterocycles. The second kappa shape index (κ2) is 9.02. The molecule has 0 radical (unpaired) electrons. The number of fused-ring (bicyclic) bond motifs is 1. The Kier molecular flexibility index (Phi) is 6.02. The summed E-state index contributed by atoms with van der Waals surface area (Å²) in [7, 11) is 0. The normalized spacial score (nSPS) is 16.0. The first-order valence-electron chi connectivity index (χ1n) is 9.89. The lowest BCUT2D eigenvalue weighted by Crippen LogP contribution is -2.35. The van der Waals surface area contributed by atoms with Crippen molar-refractivity contribution in [2.45, 2.75) is 44.9 Å². The number of ether oxygens (including phenoxy) is 1. The average molecular weight is 412 g/mol. The number of amides is 1. The third-order valence-corrected chi connectivity index (χ3v) is 5.20.